The van der Waals surface area contributed by atoms with Gasteiger partial charge in [0, 0.05) is 21.5 Å². The second-order valence-corrected chi connectivity index (χ2v) is 6.22. The van der Waals surface area contributed by atoms with E-state index in [0.717, 1.165) is 20.8 Å². The van der Waals surface area contributed by atoms with Crippen LogP contribution in [0.5, 0.6) is 0 Å². The molecule has 0 radical (unpaired) electrons. The second-order valence-electron chi connectivity index (χ2n) is 4.90. The van der Waals surface area contributed by atoms with Crippen LogP contribution in [0.25, 0.3) is 10.8 Å². The number of carbonyl (C=O) groups is 1. The molecular weight excluding hydrogens is 348 g/mol. The monoisotopic (exact) mass is 358 g/mol. The molecule has 0 atom stereocenters. The molecule has 0 aromatic heterocycles. The van der Waals surface area contributed by atoms with E-state index in [1.807, 2.05) is 60.7 Å². The van der Waals surface area contributed by atoms with E-state index < -0.39 is 0 Å². The fraction of sp³-hybridized carbons (Fsp3) is 0.0556. The van der Waals surface area contributed by atoms with Crippen LogP contribution in [0.15, 0.2) is 65.1 Å². The summed E-state index contributed by atoms with van der Waals surface area (Å²) in [5.41, 5.74) is 1.57. The highest BCUT2D eigenvalue weighted by Crippen LogP contribution is 2.22. The first-order valence-electron chi connectivity index (χ1n) is 6.59. The van der Waals surface area contributed by atoms with Crippen molar-refractivity contribution in [2.24, 2.45) is 0 Å². The van der Waals surface area contributed by atoms with E-state index in [9.17, 15) is 4.79 Å². The summed E-state index contributed by atoms with van der Waals surface area (Å²) in [6, 6.07) is 19.2. The van der Waals surface area contributed by atoms with Crippen LogP contribution in [0.4, 0.5) is 0 Å². The largest absolute Gasteiger partial charge is 0.294 e. The van der Waals surface area contributed by atoms with Crippen LogP contribution in [0.2, 0.25) is 5.02 Å². The number of hydrogen-bond donors (Lipinski definition) is 0. The Hall–Kier alpha value is -1.64. The van der Waals surface area contributed by atoms with Gasteiger partial charge in [-0.05, 0) is 40.6 Å². The zero-order valence-corrected chi connectivity index (χ0v) is 13.5. The van der Waals surface area contributed by atoms with Crippen molar-refractivity contribution >= 4 is 44.1 Å². The minimum Gasteiger partial charge on any atom is -0.294 e. The first-order chi connectivity index (χ1) is 10.1. The fourth-order valence-corrected chi connectivity index (χ4v) is 2.89. The minimum atomic E-state index is 0.0768. The molecule has 3 rings (SSSR count). The molecule has 0 unspecified atom stereocenters. The molecule has 104 valence electrons. The molecule has 0 N–H and O–H groups in total. The van der Waals surface area contributed by atoms with Gasteiger partial charge in [0.2, 0.25) is 0 Å². The Morgan fingerprint density at radius 3 is 2.48 bits per heavy atom. The average Bonchev–Trinajstić information content (AvgIpc) is 2.49. The van der Waals surface area contributed by atoms with E-state index in [1.165, 1.54) is 0 Å². The minimum absolute atomic E-state index is 0.0768. The van der Waals surface area contributed by atoms with Crippen molar-refractivity contribution in [2.75, 3.05) is 0 Å². The average molecular weight is 360 g/mol. The molecule has 3 heteroatoms. The topological polar surface area (TPSA) is 17.1 Å². The Balaban J connectivity index is 1.91. The predicted octanol–water partition coefficient (Wildman–Crippen LogP) is 5.68. The number of rotatable bonds is 3. The van der Waals surface area contributed by atoms with Gasteiger partial charge in [-0.1, -0.05) is 63.9 Å². The van der Waals surface area contributed by atoms with Crippen LogP contribution in [0, 0.1) is 0 Å². The molecule has 0 bridgehead atoms. The molecule has 0 saturated heterocycles. The summed E-state index contributed by atoms with van der Waals surface area (Å²) in [4.78, 5) is 12.4. The van der Waals surface area contributed by atoms with Gasteiger partial charge in [-0.25, -0.2) is 0 Å². The van der Waals surface area contributed by atoms with Gasteiger partial charge in [-0.3, -0.25) is 4.79 Å². The third-order valence-electron chi connectivity index (χ3n) is 3.43. The number of carbonyl (C=O) groups excluding carboxylic acids is 1. The molecule has 0 fully saturated rings. The van der Waals surface area contributed by atoms with Gasteiger partial charge in [0.1, 0.15) is 0 Å². The summed E-state index contributed by atoms with van der Waals surface area (Å²) >= 11 is 9.56. The maximum absolute atomic E-state index is 12.4. The molecular formula is C18H12BrClO. The molecule has 1 nitrogen and oxygen atoms in total. The highest BCUT2D eigenvalue weighted by molar-refractivity contribution is 9.10. The van der Waals surface area contributed by atoms with Crippen molar-refractivity contribution < 1.29 is 4.79 Å². The van der Waals surface area contributed by atoms with Gasteiger partial charge >= 0.3 is 0 Å². The van der Waals surface area contributed by atoms with E-state index in [1.54, 1.807) is 0 Å². The Kier molecular flexibility index (Phi) is 4.09. The van der Waals surface area contributed by atoms with Crippen LogP contribution in [0.3, 0.4) is 0 Å². The van der Waals surface area contributed by atoms with Crippen molar-refractivity contribution in [1.29, 1.82) is 0 Å². The van der Waals surface area contributed by atoms with Crippen molar-refractivity contribution in [1.82, 2.24) is 0 Å². The SMILES string of the molecule is O=C(Cc1ccccc1Cl)c1ccc2cc(Br)ccc2c1. The van der Waals surface area contributed by atoms with Gasteiger partial charge in [0.25, 0.3) is 0 Å². The Morgan fingerprint density at radius 1 is 0.952 bits per heavy atom. The van der Waals surface area contributed by atoms with E-state index in [4.69, 9.17) is 11.6 Å². The highest BCUT2D eigenvalue weighted by atomic mass is 79.9. The van der Waals surface area contributed by atoms with E-state index in [2.05, 4.69) is 15.9 Å². The number of hydrogen-bond acceptors (Lipinski definition) is 1. The lowest BCUT2D eigenvalue weighted by atomic mass is 10.00. The third kappa shape index (κ3) is 3.17. The summed E-state index contributed by atoms with van der Waals surface area (Å²) in [6.07, 6.45) is 0.321. The molecule has 3 aromatic carbocycles. The standard InChI is InChI=1S/C18H12BrClO/c19-16-8-7-12-9-15(6-5-13(12)10-16)18(21)11-14-3-1-2-4-17(14)20/h1-10H,11H2. The van der Waals surface area contributed by atoms with Crippen molar-refractivity contribution in [3.8, 4) is 0 Å². The van der Waals surface area contributed by atoms with Gasteiger partial charge in [-0.15, -0.1) is 0 Å². The van der Waals surface area contributed by atoms with Crippen molar-refractivity contribution in [3.05, 3.63) is 81.3 Å². The normalized spacial score (nSPS) is 10.8. The maximum atomic E-state index is 12.4. The summed E-state index contributed by atoms with van der Waals surface area (Å²) in [5.74, 6) is 0.0768. The van der Waals surface area contributed by atoms with E-state index in [0.29, 0.717) is 17.0 Å². The van der Waals surface area contributed by atoms with Gasteiger partial charge in [0.15, 0.2) is 5.78 Å². The zero-order chi connectivity index (χ0) is 14.8. The molecule has 0 aliphatic carbocycles. The van der Waals surface area contributed by atoms with Crippen LogP contribution < -0.4 is 0 Å². The zero-order valence-electron chi connectivity index (χ0n) is 11.1. The molecule has 0 saturated carbocycles. The van der Waals surface area contributed by atoms with Gasteiger partial charge in [-0.2, -0.15) is 0 Å². The first kappa shape index (κ1) is 14.3. The lowest BCUT2D eigenvalue weighted by molar-refractivity contribution is 0.0993. The van der Waals surface area contributed by atoms with Gasteiger partial charge in [0.05, 0.1) is 0 Å². The number of ketones is 1. The summed E-state index contributed by atoms with van der Waals surface area (Å²) < 4.78 is 1.03. The summed E-state index contributed by atoms with van der Waals surface area (Å²) in [6.45, 7) is 0. The molecule has 0 spiro atoms. The molecule has 21 heavy (non-hydrogen) atoms. The van der Waals surface area contributed by atoms with Crippen molar-refractivity contribution in [2.45, 2.75) is 6.42 Å². The summed E-state index contributed by atoms with van der Waals surface area (Å²) in [7, 11) is 0. The Bertz CT molecular complexity index is 826. The second kappa shape index (κ2) is 6.00. The number of benzene rings is 3. The lowest BCUT2D eigenvalue weighted by Crippen LogP contribution is -2.03. The number of Topliss-reactive ketones (excluding diaryl/α,β-unsaturated/α-hetero) is 1. The molecule has 0 heterocycles. The van der Waals surface area contributed by atoms with E-state index in [-0.39, 0.29) is 5.78 Å². The fourth-order valence-electron chi connectivity index (χ4n) is 2.31. The van der Waals surface area contributed by atoms with Crippen LogP contribution in [0.1, 0.15) is 15.9 Å². The predicted molar refractivity (Wildman–Crippen MR) is 91.1 cm³/mol. The smallest absolute Gasteiger partial charge is 0.167 e. The maximum Gasteiger partial charge on any atom is 0.167 e. The highest BCUT2D eigenvalue weighted by Gasteiger charge is 2.10. The number of halogens is 2. The first-order valence-corrected chi connectivity index (χ1v) is 7.76. The molecule has 0 aliphatic heterocycles. The molecule has 0 amide bonds. The van der Waals surface area contributed by atoms with Crippen LogP contribution in [-0.2, 0) is 6.42 Å². The van der Waals surface area contributed by atoms with Gasteiger partial charge < -0.3 is 0 Å². The number of fused-ring (bicyclic) bond motifs is 1. The Morgan fingerprint density at radius 2 is 1.67 bits per heavy atom. The third-order valence-corrected chi connectivity index (χ3v) is 4.30. The lowest BCUT2D eigenvalue weighted by Gasteiger charge is -2.05. The molecule has 0 aliphatic rings. The van der Waals surface area contributed by atoms with Crippen molar-refractivity contribution in [3.63, 3.8) is 0 Å². The Labute approximate surface area is 136 Å². The molecule has 3 aromatic rings. The van der Waals surface area contributed by atoms with Crippen LogP contribution in [-0.4, -0.2) is 5.78 Å². The van der Waals surface area contributed by atoms with Crippen LogP contribution >= 0.6 is 27.5 Å². The van der Waals surface area contributed by atoms with E-state index >= 15 is 0 Å². The quantitative estimate of drug-likeness (QED) is 0.550. The summed E-state index contributed by atoms with van der Waals surface area (Å²) in [5, 5.41) is 2.80.